The number of aliphatic imine (C=N–C) groups is 1. The molecule has 1 heterocycles. The third-order valence-electron chi connectivity index (χ3n) is 4.76. The van der Waals surface area contributed by atoms with Gasteiger partial charge >= 0.3 is 0 Å². The normalized spacial score (nSPS) is 12.4. The van der Waals surface area contributed by atoms with Crippen LogP contribution >= 0.6 is 0 Å². The molecule has 0 aliphatic carbocycles. The standard InChI is InChI=1S/C22H28N4O.C4H10/c1-16(2)26(22(27)12-11-19-9-7-17(3)8-10-19)15-21(23)25-18(4)20-6-5-13-24-14-20;1-3-4-2/h5-14,16,18H,15H2,1-4H3,(H2,23,25);3-4H2,1-2H3/b12-11+;. The number of aromatic nitrogens is 1. The molecule has 0 bridgehead atoms. The summed E-state index contributed by atoms with van der Waals surface area (Å²) >= 11 is 0. The van der Waals surface area contributed by atoms with Crippen LogP contribution in [0.4, 0.5) is 0 Å². The Bertz CT molecular complexity index is 824. The first-order valence-corrected chi connectivity index (χ1v) is 11.1. The number of benzene rings is 1. The lowest BCUT2D eigenvalue weighted by atomic mass is 10.1. The van der Waals surface area contributed by atoms with Crippen LogP contribution in [0, 0.1) is 6.92 Å². The Balaban J connectivity index is 0.00000110. The molecule has 1 amide bonds. The molecule has 0 saturated carbocycles. The average molecular weight is 423 g/mol. The zero-order chi connectivity index (χ0) is 23.2. The van der Waals surface area contributed by atoms with Gasteiger partial charge in [-0.2, -0.15) is 0 Å². The number of amidine groups is 1. The van der Waals surface area contributed by atoms with Gasteiger partial charge in [-0.25, -0.2) is 0 Å². The van der Waals surface area contributed by atoms with Gasteiger partial charge in [-0.05, 0) is 51.0 Å². The highest BCUT2D eigenvalue weighted by Crippen LogP contribution is 2.15. The number of amides is 1. The van der Waals surface area contributed by atoms with E-state index in [-0.39, 0.29) is 18.0 Å². The Kier molecular flexibility index (Phi) is 11.9. The Hall–Kier alpha value is -2.95. The summed E-state index contributed by atoms with van der Waals surface area (Å²) in [6.07, 6.45) is 9.55. The van der Waals surface area contributed by atoms with Gasteiger partial charge in [0.2, 0.25) is 5.91 Å². The zero-order valence-electron chi connectivity index (χ0n) is 19.9. The van der Waals surface area contributed by atoms with Crippen molar-refractivity contribution in [2.45, 2.75) is 66.5 Å². The molecule has 1 aromatic heterocycles. The predicted molar refractivity (Wildman–Crippen MR) is 132 cm³/mol. The van der Waals surface area contributed by atoms with Crippen LogP contribution in [-0.2, 0) is 4.79 Å². The molecule has 0 saturated heterocycles. The maximum Gasteiger partial charge on any atom is 0.247 e. The molecule has 2 aromatic rings. The molecule has 1 aromatic carbocycles. The Morgan fingerprint density at radius 1 is 1.13 bits per heavy atom. The lowest BCUT2D eigenvalue weighted by Gasteiger charge is -2.25. The summed E-state index contributed by atoms with van der Waals surface area (Å²) in [5, 5.41) is 0. The first-order valence-electron chi connectivity index (χ1n) is 11.1. The monoisotopic (exact) mass is 422 g/mol. The molecule has 31 heavy (non-hydrogen) atoms. The van der Waals surface area contributed by atoms with E-state index >= 15 is 0 Å². The van der Waals surface area contributed by atoms with E-state index in [1.54, 1.807) is 23.4 Å². The van der Waals surface area contributed by atoms with E-state index in [2.05, 4.69) is 23.8 Å². The molecule has 1 unspecified atom stereocenters. The van der Waals surface area contributed by atoms with Crippen LogP contribution in [0.1, 0.15) is 70.2 Å². The number of unbranched alkanes of at least 4 members (excludes halogenated alkanes) is 1. The van der Waals surface area contributed by atoms with Gasteiger partial charge in [0.05, 0.1) is 12.6 Å². The number of hydrogen-bond acceptors (Lipinski definition) is 3. The molecule has 0 fully saturated rings. The zero-order valence-corrected chi connectivity index (χ0v) is 19.9. The lowest BCUT2D eigenvalue weighted by molar-refractivity contribution is -0.126. The number of nitrogens with two attached hydrogens (primary N) is 1. The Morgan fingerprint density at radius 2 is 1.77 bits per heavy atom. The first kappa shape index (κ1) is 26.1. The van der Waals surface area contributed by atoms with Crippen molar-refractivity contribution in [3.63, 3.8) is 0 Å². The van der Waals surface area contributed by atoms with Gasteiger partial charge in [-0.3, -0.25) is 14.8 Å². The largest absolute Gasteiger partial charge is 0.386 e. The maximum atomic E-state index is 12.6. The smallest absolute Gasteiger partial charge is 0.247 e. The molecule has 2 N–H and O–H groups in total. The highest BCUT2D eigenvalue weighted by Gasteiger charge is 2.16. The summed E-state index contributed by atoms with van der Waals surface area (Å²) in [4.78, 5) is 23.0. The van der Waals surface area contributed by atoms with Gasteiger partial charge in [0.15, 0.2) is 0 Å². The van der Waals surface area contributed by atoms with Crippen molar-refractivity contribution in [2.75, 3.05) is 6.54 Å². The van der Waals surface area contributed by atoms with Crippen LogP contribution in [0.5, 0.6) is 0 Å². The summed E-state index contributed by atoms with van der Waals surface area (Å²) in [5.74, 6) is 0.342. The van der Waals surface area contributed by atoms with Crippen LogP contribution < -0.4 is 5.73 Å². The molecule has 1 atom stereocenters. The highest BCUT2D eigenvalue weighted by atomic mass is 16.2. The van der Waals surface area contributed by atoms with Gasteiger partial charge in [0.25, 0.3) is 0 Å². The summed E-state index contributed by atoms with van der Waals surface area (Å²) < 4.78 is 0. The number of carbonyl (C=O) groups is 1. The quantitative estimate of drug-likeness (QED) is 0.344. The number of carbonyl (C=O) groups excluding carboxylic acids is 1. The molecular formula is C26H38N4O. The molecule has 5 heteroatoms. The molecule has 168 valence electrons. The van der Waals surface area contributed by atoms with Crippen molar-refractivity contribution in [3.05, 3.63) is 71.6 Å². The summed E-state index contributed by atoms with van der Waals surface area (Å²) in [5.41, 5.74) is 9.29. The Morgan fingerprint density at radius 3 is 2.29 bits per heavy atom. The summed E-state index contributed by atoms with van der Waals surface area (Å²) in [7, 11) is 0. The minimum Gasteiger partial charge on any atom is -0.386 e. The fourth-order valence-electron chi connectivity index (χ4n) is 2.62. The van der Waals surface area contributed by atoms with Crippen LogP contribution in [0.25, 0.3) is 6.08 Å². The number of aryl methyl sites for hydroxylation is 1. The SMILES string of the molecule is CCCC.Cc1ccc(/C=C/C(=O)N(CC(N)=NC(C)c2cccnc2)C(C)C)cc1. The number of rotatable bonds is 8. The van der Waals surface area contributed by atoms with Crippen molar-refractivity contribution in [3.8, 4) is 0 Å². The lowest BCUT2D eigenvalue weighted by Crippen LogP contribution is -2.42. The second-order valence-electron chi connectivity index (χ2n) is 7.89. The van der Waals surface area contributed by atoms with E-state index < -0.39 is 0 Å². The maximum absolute atomic E-state index is 12.6. The van der Waals surface area contributed by atoms with E-state index in [4.69, 9.17) is 5.73 Å². The van der Waals surface area contributed by atoms with Gasteiger partial charge in [-0.1, -0.05) is 62.6 Å². The van der Waals surface area contributed by atoms with Gasteiger partial charge in [0.1, 0.15) is 5.84 Å². The van der Waals surface area contributed by atoms with E-state index in [0.717, 1.165) is 11.1 Å². The van der Waals surface area contributed by atoms with Crippen molar-refractivity contribution in [1.82, 2.24) is 9.88 Å². The highest BCUT2D eigenvalue weighted by molar-refractivity contribution is 5.95. The number of nitrogens with zero attached hydrogens (tertiary/aromatic N) is 3. The molecule has 0 aliphatic rings. The molecular weight excluding hydrogens is 384 g/mol. The molecule has 0 radical (unpaired) electrons. The average Bonchev–Trinajstić information content (AvgIpc) is 2.77. The topological polar surface area (TPSA) is 71.6 Å². The second kappa shape index (κ2) is 14.1. The van der Waals surface area contributed by atoms with Crippen molar-refractivity contribution >= 4 is 17.8 Å². The van der Waals surface area contributed by atoms with Crippen LogP contribution in [0.15, 0.2) is 59.9 Å². The number of pyridine rings is 1. The minimum atomic E-state index is -0.106. The molecule has 5 nitrogen and oxygen atoms in total. The fraction of sp³-hybridized carbons (Fsp3) is 0.423. The molecule has 0 aliphatic heterocycles. The third kappa shape index (κ3) is 10.1. The van der Waals surface area contributed by atoms with E-state index in [0.29, 0.717) is 12.4 Å². The van der Waals surface area contributed by atoms with E-state index in [1.807, 2.05) is 70.2 Å². The minimum absolute atomic E-state index is 0.0163. The third-order valence-corrected chi connectivity index (χ3v) is 4.76. The van der Waals surface area contributed by atoms with Crippen molar-refractivity contribution < 1.29 is 4.79 Å². The fourth-order valence-corrected chi connectivity index (χ4v) is 2.62. The predicted octanol–water partition coefficient (Wildman–Crippen LogP) is 5.57. The second-order valence-corrected chi connectivity index (χ2v) is 7.89. The molecule has 0 spiro atoms. The van der Waals surface area contributed by atoms with E-state index in [1.165, 1.54) is 18.4 Å². The van der Waals surface area contributed by atoms with Crippen LogP contribution in [0.2, 0.25) is 0 Å². The number of hydrogen-bond donors (Lipinski definition) is 1. The van der Waals surface area contributed by atoms with Gasteiger partial charge in [0, 0.05) is 24.5 Å². The van der Waals surface area contributed by atoms with Crippen LogP contribution in [-0.4, -0.2) is 34.2 Å². The molecule has 2 rings (SSSR count). The van der Waals surface area contributed by atoms with E-state index in [9.17, 15) is 4.79 Å². The first-order chi connectivity index (χ1) is 14.8. The van der Waals surface area contributed by atoms with Gasteiger partial charge in [-0.15, -0.1) is 0 Å². The Labute approximate surface area is 188 Å². The van der Waals surface area contributed by atoms with Crippen LogP contribution in [0.3, 0.4) is 0 Å². The van der Waals surface area contributed by atoms with Gasteiger partial charge < -0.3 is 10.6 Å². The van der Waals surface area contributed by atoms with Crippen molar-refractivity contribution in [1.29, 1.82) is 0 Å². The summed E-state index contributed by atoms with van der Waals surface area (Å²) in [6, 6.07) is 11.8. The van der Waals surface area contributed by atoms with Crippen molar-refractivity contribution in [2.24, 2.45) is 10.7 Å². The summed E-state index contributed by atoms with van der Waals surface area (Å²) in [6.45, 7) is 12.6.